The highest BCUT2D eigenvalue weighted by Gasteiger charge is 2.04. The molecular weight excluding hydrogens is 246 g/mol. The second kappa shape index (κ2) is 6.57. The summed E-state index contributed by atoms with van der Waals surface area (Å²) in [7, 11) is 0. The van der Waals surface area contributed by atoms with Gasteiger partial charge in [-0.3, -0.25) is 0 Å². The second-order valence-corrected chi connectivity index (χ2v) is 4.82. The van der Waals surface area contributed by atoms with Crippen molar-refractivity contribution in [3.63, 3.8) is 0 Å². The summed E-state index contributed by atoms with van der Waals surface area (Å²) in [6.45, 7) is 4.13. The fourth-order valence-electron chi connectivity index (χ4n) is 1.89. The van der Waals surface area contributed by atoms with E-state index in [1.807, 2.05) is 36.9 Å². The van der Waals surface area contributed by atoms with Gasteiger partial charge in [-0.05, 0) is 37.6 Å². The Hall–Kier alpha value is -1.32. The van der Waals surface area contributed by atoms with Crippen LogP contribution in [0.1, 0.15) is 24.9 Å². The lowest BCUT2D eigenvalue weighted by Crippen LogP contribution is -2.20. The van der Waals surface area contributed by atoms with E-state index in [9.17, 15) is 0 Å². The third-order valence-electron chi connectivity index (χ3n) is 2.95. The summed E-state index contributed by atoms with van der Waals surface area (Å²) >= 11 is 5.98. The van der Waals surface area contributed by atoms with Gasteiger partial charge in [-0.2, -0.15) is 0 Å². The quantitative estimate of drug-likeness (QED) is 0.811. The molecule has 0 spiro atoms. The summed E-state index contributed by atoms with van der Waals surface area (Å²) in [6, 6.07) is 8.32. The normalized spacial score (nSPS) is 12.6. The fraction of sp³-hybridized carbons (Fsp3) is 0.357. The van der Waals surface area contributed by atoms with Crippen LogP contribution in [0.25, 0.3) is 0 Å². The number of hydrogen-bond acceptors (Lipinski definition) is 2. The van der Waals surface area contributed by atoms with Crippen LogP contribution in [0.5, 0.6) is 0 Å². The number of imidazole rings is 1. The van der Waals surface area contributed by atoms with Crippen LogP contribution in [0, 0.1) is 0 Å². The molecule has 2 aromatic rings. The molecule has 0 unspecified atom stereocenters. The number of aromatic nitrogens is 2. The zero-order chi connectivity index (χ0) is 12.8. The number of rotatable bonds is 6. The molecule has 2 rings (SSSR count). The molecule has 0 radical (unpaired) electrons. The standard InChI is InChI=1S/C14H18ClN3/c1-12(13-4-2-5-14(15)10-13)17-6-3-8-18-9-7-16-11-18/h2,4-5,7,9-12,17H,3,6,8H2,1H3/t12-/m1/s1. The van der Waals surface area contributed by atoms with Gasteiger partial charge in [-0.15, -0.1) is 0 Å². The van der Waals surface area contributed by atoms with Crippen molar-refractivity contribution in [1.82, 2.24) is 14.9 Å². The third kappa shape index (κ3) is 3.86. The predicted molar refractivity (Wildman–Crippen MR) is 74.7 cm³/mol. The van der Waals surface area contributed by atoms with Crippen LogP contribution in [0.3, 0.4) is 0 Å². The van der Waals surface area contributed by atoms with Crippen LogP contribution in [0.15, 0.2) is 43.0 Å². The second-order valence-electron chi connectivity index (χ2n) is 4.38. The summed E-state index contributed by atoms with van der Waals surface area (Å²) in [4.78, 5) is 4.02. The Morgan fingerprint density at radius 1 is 1.44 bits per heavy atom. The summed E-state index contributed by atoms with van der Waals surface area (Å²) in [5.41, 5.74) is 1.23. The highest BCUT2D eigenvalue weighted by atomic mass is 35.5. The van der Waals surface area contributed by atoms with E-state index in [1.165, 1.54) is 5.56 Å². The van der Waals surface area contributed by atoms with Crippen molar-refractivity contribution in [2.75, 3.05) is 6.54 Å². The van der Waals surface area contributed by atoms with E-state index in [2.05, 4.69) is 27.9 Å². The maximum Gasteiger partial charge on any atom is 0.0945 e. The Morgan fingerprint density at radius 2 is 2.33 bits per heavy atom. The highest BCUT2D eigenvalue weighted by molar-refractivity contribution is 6.30. The molecule has 0 saturated heterocycles. The molecule has 3 nitrogen and oxygen atoms in total. The smallest absolute Gasteiger partial charge is 0.0945 e. The van der Waals surface area contributed by atoms with Crippen molar-refractivity contribution in [3.05, 3.63) is 53.6 Å². The number of nitrogens with zero attached hydrogens (tertiary/aromatic N) is 2. The highest BCUT2D eigenvalue weighted by Crippen LogP contribution is 2.17. The van der Waals surface area contributed by atoms with Gasteiger partial charge in [0.05, 0.1) is 6.33 Å². The molecule has 0 aliphatic heterocycles. The van der Waals surface area contributed by atoms with Crippen molar-refractivity contribution in [2.24, 2.45) is 0 Å². The number of aryl methyl sites for hydroxylation is 1. The minimum Gasteiger partial charge on any atom is -0.337 e. The Labute approximate surface area is 113 Å². The average molecular weight is 264 g/mol. The lowest BCUT2D eigenvalue weighted by molar-refractivity contribution is 0.526. The van der Waals surface area contributed by atoms with Gasteiger partial charge in [0.15, 0.2) is 0 Å². The van der Waals surface area contributed by atoms with Crippen molar-refractivity contribution in [1.29, 1.82) is 0 Å². The predicted octanol–water partition coefficient (Wildman–Crippen LogP) is 3.28. The Bertz CT molecular complexity index is 468. The van der Waals surface area contributed by atoms with Gasteiger partial charge in [0, 0.05) is 30.0 Å². The lowest BCUT2D eigenvalue weighted by atomic mass is 10.1. The van der Waals surface area contributed by atoms with Gasteiger partial charge in [0.25, 0.3) is 0 Å². The first-order valence-corrected chi connectivity index (χ1v) is 6.58. The molecule has 0 saturated carbocycles. The zero-order valence-corrected chi connectivity index (χ0v) is 11.3. The first kappa shape index (κ1) is 13.1. The van der Waals surface area contributed by atoms with Crippen molar-refractivity contribution >= 4 is 11.6 Å². The summed E-state index contributed by atoms with van der Waals surface area (Å²) in [5, 5.41) is 4.29. The molecule has 96 valence electrons. The van der Waals surface area contributed by atoms with E-state index in [-0.39, 0.29) is 0 Å². The van der Waals surface area contributed by atoms with Crippen LogP contribution < -0.4 is 5.32 Å². The SMILES string of the molecule is C[C@@H](NCCCn1ccnc1)c1cccc(Cl)c1. The number of nitrogens with one attached hydrogen (secondary N) is 1. The molecule has 1 atom stereocenters. The van der Waals surface area contributed by atoms with Crippen LogP contribution in [0.4, 0.5) is 0 Å². The van der Waals surface area contributed by atoms with E-state index in [0.29, 0.717) is 6.04 Å². The Morgan fingerprint density at radius 3 is 3.06 bits per heavy atom. The molecule has 0 aliphatic rings. The summed E-state index contributed by atoms with van der Waals surface area (Å²) in [6.07, 6.45) is 6.73. The molecule has 1 heterocycles. The maximum absolute atomic E-state index is 5.98. The molecule has 0 amide bonds. The first-order chi connectivity index (χ1) is 8.75. The minimum absolute atomic E-state index is 0.325. The number of hydrogen-bond donors (Lipinski definition) is 1. The Kier molecular flexibility index (Phi) is 4.79. The lowest BCUT2D eigenvalue weighted by Gasteiger charge is -2.14. The van der Waals surface area contributed by atoms with E-state index in [1.54, 1.807) is 0 Å². The summed E-state index contributed by atoms with van der Waals surface area (Å²) in [5.74, 6) is 0. The van der Waals surface area contributed by atoms with Crippen molar-refractivity contribution in [2.45, 2.75) is 25.9 Å². The topological polar surface area (TPSA) is 29.9 Å². The molecule has 0 fully saturated rings. The van der Waals surface area contributed by atoms with Gasteiger partial charge in [-0.25, -0.2) is 4.98 Å². The minimum atomic E-state index is 0.325. The van der Waals surface area contributed by atoms with Crippen LogP contribution in [0.2, 0.25) is 5.02 Å². The van der Waals surface area contributed by atoms with Crippen LogP contribution >= 0.6 is 11.6 Å². The van der Waals surface area contributed by atoms with Gasteiger partial charge in [0.2, 0.25) is 0 Å². The van der Waals surface area contributed by atoms with Crippen molar-refractivity contribution in [3.8, 4) is 0 Å². The van der Waals surface area contributed by atoms with Crippen LogP contribution in [-0.2, 0) is 6.54 Å². The van der Waals surface area contributed by atoms with Crippen molar-refractivity contribution < 1.29 is 0 Å². The molecule has 0 bridgehead atoms. The van der Waals surface area contributed by atoms with Gasteiger partial charge >= 0.3 is 0 Å². The van der Waals surface area contributed by atoms with E-state index < -0.39 is 0 Å². The average Bonchev–Trinajstić information content (AvgIpc) is 2.87. The number of halogens is 1. The van der Waals surface area contributed by atoms with E-state index in [0.717, 1.165) is 24.5 Å². The van der Waals surface area contributed by atoms with Gasteiger partial charge in [-0.1, -0.05) is 23.7 Å². The molecule has 1 aromatic heterocycles. The number of benzene rings is 1. The fourth-order valence-corrected chi connectivity index (χ4v) is 2.09. The maximum atomic E-state index is 5.98. The molecular formula is C14H18ClN3. The first-order valence-electron chi connectivity index (χ1n) is 6.20. The van der Waals surface area contributed by atoms with E-state index >= 15 is 0 Å². The molecule has 18 heavy (non-hydrogen) atoms. The summed E-state index contributed by atoms with van der Waals surface area (Å²) < 4.78 is 2.09. The zero-order valence-electron chi connectivity index (χ0n) is 10.5. The molecule has 1 N–H and O–H groups in total. The van der Waals surface area contributed by atoms with E-state index in [4.69, 9.17) is 11.6 Å². The van der Waals surface area contributed by atoms with Crippen LogP contribution in [-0.4, -0.2) is 16.1 Å². The molecule has 0 aliphatic carbocycles. The third-order valence-corrected chi connectivity index (χ3v) is 3.19. The largest absolute Gasteiger partial charge is 0.337 e. The monoisotopic (exact) mass is 263 g/mol. The van der Waals surface area contributed by atoms with Gasteiger partial charge in [0.1, 0.15) is 0 Å². The molecule has 4 heteroatoms. The Balaban J connectivity index is 1.73. The van der Waals surface area contributed by atoms with Gasteiger partial charge < -0.3 is 9.88 Å². The molecule has 1 aromatic carbocycles.